The third kappa shape index (κ3) is 4.15. The summed E-state index contributed by atoms with van der Waals surface area (Å²) in [5.41, 5.74) is 0. The van der Waals surface area contributed by atoms with Gasteiger partial charge in [-0.1, -0.05) is 20.8 Å². The molecule has 0 bridgehead atoms. The van der Waals surface area contributed by atoms with Crippen molar-refractivity contribution in [3.63, 3.8) is 0 Å². The highest BCUT2D eigenvalue weighted by atomic mass is 32.5. The van der Waals surface area contributed by atoms with Crippen LogP contribution in [0.2, 0.25) is 0 Å². The maximum atomic E-state index is 10.3. The Labute approximate surface area is 140 Å². The molecule has 9 heteroatoms. The van der Waals surface area contributed by atoms with Crippen LogP contribution < -0.4 is 0 Å². The molecule has 2 heterocycles. The van der Waals surface area contributed by atoms with Gasteiger partial charge in [0.05, 0.1) is 24.9 Å². The van der Waals surface area contributed by atoms with E-state index >= 15 is 0 Å². The van der Waals surface area contributed by atoms with E-state index in [-0.39, 0.29) is 48.7 Å². The van der Waals surface area contributed by atoms with Crippen molar-refractivity contribution in [2.45, 2.75) is 58.0 Å². The average Bonchev–Trinajstić information content (AvgIpc) is 2.81. The van der Waals surface area contributed by atoms with Crippen molar-refractivity contribution >= 4 is 34.2 Å². The zero-order chi connectivity index (χ0) is 16.7. The molecule has 1 N–H and O–H groups in total. The van der Waals surface area contributed by atoms with Gasteiger partial charge in [0.15, 0.2) is 0 Å². The molecule has 122 valence electrons. The summed E-state index contributed by atoms with van der Waals surface area (Å²) in [5.74, 6) is 0.390. The van der Waals surface area contributed by atoms with E-state index in [1.54, 1.807) is 0 Å². The number of hydrogen-bond acceptors (Lipinski definition) is 5. The summed E-state index contributed by atoms with van der Waals surface area (Å²) in [5, 5.41) is 0. The Morgan fingerprint density at radius 3 is 2.09 bits per heavy atom. The van der Waals surface area contributed by atoms with E-state index in [0.717, 1.165) is 0 Å². The first-order chi connectivity index (χ1) is 10.1. The van der Waals surface area contributed by atoms with Gasteiger partial charge < -0.3 is 23.4 Å². The molecule has 0 spiro atoms. The van der Waals surface area contributed by atoms with Crippen molar-refractivity contribution in [3.8, 4) is 0 Å². The van der Waals surface area contributed by atoms with Crippen molar-refractivity contribution in [1.29, 1.82) is 0 Å². The quantitative estimate of drug-likeness (QED) is 0.600. The van der Waals surface area contributed by atoms with Gasteiger partial charge >= 0.3 is 6.72 Å². The minimum absolute atomic E-state index is 0.0665. The summed E-state index contributed by atoms with van der Waals surface area (Å²) in [7, 11) is 11.7. The molecule has 5 unspecified atom stereocenters. The zero-order valence-electron chi connectivity index (χ0n) is 13.4. The van der Waals surface area contributed by atoms with Crippen LogP contribution in [0.4, 0.5) is 0 Å². The minimum atomic E-state index is -3.38. The van der Waals surface area contributed by atoms with Crippen LogP contribution in [0.25, 0.3) is 0 Å². The van der Waals surface area contributed by atoms with Crippen molar-refractivity contribution in [1.82, 2.24) is 0 Å². The Balaban J connectivity index is 1.88. The van der Waals surface area contributed by atoms with Crippen molar-refractivity contribution in [2.75, 3.05) is 6.61 Å². The van der Waals surface area contributed by atoms with Crippen molar-refractivity contribution in [2.24, 2.45) is 17.8 Å². The standard InChI is InChI=1S/C13H23B2O5PS/c1-6-7(2)12(14)19-10(6)5-17-21(16,22)20-11-8(3)13(15)18-9(11)4/h6-13H,5H2,1-4H3,(H,16,22)/t6?,7?,8?,9-,10-,11?,12-,13-,21?/m1/s1. The van der Waals surface area contributed by atoms with Crippen LogP contribution in [0.5, 0.6) is 0 Å². The molecule has 2 aliphatic heterocycles. The molecule has 0 aromatic carbocycles. The monoisotopic (exact) mass is 344 g/mol. The van der Waals surface area contributed by atoms with Gasteiger partial charge in [-0.25, -0.2) is 0 Å². The molecule has 0 aromatic rings. The highest BCUT2D eigenvalue weighted by molar-refractivity contribution is 8.07. The molecule has 9 atom stereocenters. The summed E-state index contributed by atoms with van der Waals surface area (Å²) >= 11 is 5.10. The molecule has 22 heavy (non-hydrogen) atoms. The Morgan fingerprint density at radius 1 is 1.05 bits per heavy atom. The van der Waals surface area contributed by atoms with E-state index in [1.807, 2.05) is 27.7 Å². The Hall–Kier alpha value is 0.580. The molecule has 4 radical (unpaired) electrons. The van der Waals surface area contributed by atoms with Crippen LogP contribution in [0, 0.1) is 17.8 Å². The van der Waals surface area contributed by atoms with Gasteiger partial charge in [-0.3, -0.25) is 0 Å². The largest absolute Gasteiger partial charge is 0.382 e. The lowest BCUT2D eigenvalue weighted by atomic mass is 9.82. The molecule has 2 rings (SSSR count). The van der Waals surface area contributed by atoms with Crippen molar-refractivity contribution in [3.05, 3.63) is 0 Å². The molecule has 0 saturated carbocycles. The summed E-state index contributed by atoms with van der Waals surface area (Å²) in [6, 6.07) is -0.741. The first kappa shape index (κ1) is 18.9. The summed E-state index contributed by atoms with van der Waals surface area (Å²) in [6.07, 6.45) is -0.813. The summed E-state index contributed by atoms with van der Waals surface area (Å²) in [4.78, 5) is 10.3. The van der Waals surface area contributed by atoms with Crippen LogP contribution >= 0.6 is 6.72 Å². The molecule has 0 amide bonds. The molecular formula is C13H23B2O5PS. The van der Waals surface area contributed by atoms with E-state index in [9.17, 15) is 4.89 Å². The van der Waals surface area contributed by atoms with E-state index in [0.29, 0.717) is 0 Å². The van der Waals surface area contributed by atoms with Crippen LogP contribution in [-0.2, 0) is 30.3 Å². The normalized spacial score (nSPS) is 48.4. The molecule has 2 fully saturated rings. The van der Waals surface area contributed by atoms with E-state index < -0.39 is 12.7 Å². The van der Waals surface area contributed by atoms with E-state index in [2.05, 4.69) is 0 Å². The Kier molecular flexibility index (Phi) is 6.21. The maximum Gasteiger partial charge on any atom is 0.324 e. The third-order valence-electron chi connectivity index (χ3n) is 4.79. The van der Waals surface area contributed by atoms with Gasteiger partial charge in [0.25, 0.3) is 0 Å². The smallest absolute Gasteiger partial charge is 0.324 e. The first-order valence-electron chi connectivity index (χ1n) is 7.60. The summed E-state index contributed by atoms with van der Waals surface area (Å²) < 4.78 is 22.2. The van der Waals surface area contributed by atoms with Crippen LogP contribution in [0.1, 0.15) is 27.7 Å². The predicted molar refractivity (Wildman–Crippen MR) is 89.3 cm³/mol. The highest BCUT2D eigenvalue weighted by Crippen LogP contribution is 2.49. The van der Waals surface area contributed by atoms with Gasteiger partial charge in [0.1, 0.15) is 15.7 Å². The molecular weight excluding hydrogens is 321 g/mol. The topological polar surface area (TPSA) is 57.2 Å². The maximum absolute atomic E-state index is 10.3. The molecule has 0 aliphatic carbocycles. The lowest BCUT2D eigenvalue weighted by Crippen LogP contribution is -2.28. The number of ether oxygens (including phenoxy) is 2. The van der Waals surface area contributed by atoms with Gasteiger partial charge in [-0.05, 0) is 30.6 Å². The predicted octanol–water partition coefficient (Wildman–Crippen LogP) is 1.32. The van der Waals surface area contributed by atoms with Crippen LogP contribution in [0.15, 0.2) is 0 Å². The second-order valence-electron chi connectivity index (χ2n) is 6.36. The Morgan fingerprint density at radius 2 is 1.64 bits per heavy atom. The zero-order valence-corrected chi connectivity index (χ0v) is 15.1. The fraction of sp³-hybridized carbons (Fsp3) is 1.00. The van der Waals surface area contributed by atoms with Crippen LogP contribution in [0.3, 0.4) is 0 Å². The van der Waals surface area contributed by atoms with Gasteiger partial charge in [-0.2, -0.15) is 0 Å². The first-order valence-corrected chi connectivity index (χ1v) is 10.2. The Bertz CT molecular complexity index is 443. The second-order valence-corrected chi connectivity index (χ2v) is 9.15. The molecule has 5 nitrogen and oxygen atoms in total. The SMILES string of the molecule is [B][C@@H]1O[C@H](C)C(OP(O)(=S)OC[C@H]2O[C@@H]([B])C(C)C2C)C1C. The van der Waals surface area contributed by atoms with E-state index in [1.165, 1.54) is 0 Å². The number of rotatable bonds is 5. The third-order valence-corrected chi connectivity index (χ3v) is 6.35. The lowest BCUT2D eigenvalue weighted by molar-refractivity contribution is 0.0154. The lowest BCUT2D eigenvalue weighted by Gasteiger charge is -2.26. The average molecular weight is 344 g/mol. The molecule has 0 aromatic heterocycles. The van der Waals surface area contributed by atoms with Gasteiger partial charge in [-0.15, -0.1) is 0 Å². The fourth-order valence-electron chi connectivity index (χ4n) is 2.88. The van der Waals surface area contributed by atoms with E-state index in [4.69, 9.17) is 46.0 Å². The minimum Gasteiger partial charge on any atom is -0.382 e. The highest BCUT2D eigenvalue weighted by Gasteiger charge is 2.41. The van der Waals surface area contributed by atoms with Crippen LogP contribution in [-0.4, -0.2) is 57.5 Å². The molecule has 2 saturated heterocycles. The number of hydrogen-bond donors (Lipinski definition) is 1. The van der Waals surface area contributed by atoms with Gasteiger partial charge in [0, 0.05) is 17.9 Å². The van der Waals surface area contributed by atoms with Gasteiger partial charge in [0.2, 0.25) is 0 Å². The fourth-order valence-corrected chi connectivity index (χ4v) is 4.42. The molecule has 2 aliphatic rings. The second kappa shape index (κ2) is 7.22. The summed E-state index contributed by atoms with van der Waals surface area (Å²) in [6.45, 7) is 4.59. The van der Waals surface area contributed by atoms with Crippen molar-refractivity contribution < 1.29 is 23.4 Å².